The van der Waals surface area contributed by atoms with Crippen LogP contribution in [0.5, 0.6) is 0 Å². The van der Waals surface area contributed by atoms with E-state index in [1.54, 1.807) is 43.3 Å². The molecular weight excluding hydrogens is 466 g/mol. The van der Waals surface area contributed by atoms with Gasteiger partial charge in [-0.05, 0) is 82.6 Å². The fraction of sp³-hybridized carbons (Fsp3) is 0.370. The van der Waals surface area contributed by atoms with Crippen molar-refractivity contribution in [1.82, 2.24) is 10.2 Å². The lowest BCUT2D eigenvalue weighted by molar-refractivity contribution is -0.146. The summed E-state index contributed by atoms with van der Waals surface area (Å²) < 4.78 is 5.54. The lowest BCUT2D eigenvalue weighted by Crippen LogP contribution is -2.42. The maximum Gasteiger partial charge on any atom is 0.328 e. The van der Waals surface area contributed by atoms with Crippen LogP contribution < -0.4 is 10.6 Å². The Morgan fingerprint density at radius 3 is 2.51 bits per heavy atom. The number of para-hydroxylation sites is 1. The molecule has 0 aliphatic carbocycles. The Morgan fingerprint density at radius 1 is 1.14 bits per heavy atom. The number of carbonyl (C=O) groups is 3. The van der Waals surface area contributed by atoms with E-state index < -0.39 is 17.9 Å². The van der Waals surface area contributed by atoms with Gasteiger partial charge in [-0.25, -0.2) is 4.79 Å². The maximum absolute atomic E-state index is 12.9. The number of hydrogen-bond donors (Lipinski definition) is 2. The summed E-state index contributed by atoms with van der Waals surface area (Å²) in [6.45, 7) is 3.07. The minimum absolute atomic E-state index is 0.143. The Balaban J connectivity index is 1.64. The molecule has 186 valence electrons. The molecule has 1 saturated heterocycles. The second-order valence-corrected chi connectivity index (χ2v) is 9.25. The van der Waals surface area contributed by atoms with Gasteiger partial charge in [-0.3, -0.25) is 9.59 Å². The van der Waals surface area contributed by atoms with Gasteiger partial charge in [0.2, 0.25) is 5.91 Å². The van der Waals surface area contributed by atoms with Crippen LogP contribution in [-0.4, -0.2) is 55.0 Å². The molecule has 2 unspecified atom stereocenters. The fourth-order valence-electron chi connectivity index (χ4n) is 4.08. The Labute approximate surface area is 211 Å². The molecule has 0 saturated carbocycles. The van der Waals surface area contributed by atoms with Crippen molar-refractivity contribution in [1.29, 1.82) is 0 Å². The number of esters is 1. The highest BCUT2D eigenvalue weighted by Gasteiger charge is 2.25. The van der Waals surface area contributed by atoms with E-state index in [2.05, 4.69) is 22.6 Å². The molecule has 7 nitrogen and oxygen atoms in total. The number of benzene rings is 2. The van der Waals surface area contributed by atoms with E-state index in [-0.39, 0.29) is 18.9 Å². The highest BCUT2D eigenvalue weighted by atomic mass is 35.5. The van der Waals surface area contributed by atoms with Crippen molar-refractivity contribution in [2.75, 3.05) is 25.5 Å². The lowest BCUT2D eigenvalue weighted by Gasteiger charge is -2.21. The second-order valence-electron chi connectivity index (χ2n) is 8.82. The number of halogens is 1. The highest BCUT2D eigenvalue weighted by Crippen LogP contribution is 2.18. The van der Waals surface area contributed by atoms with Gasteiger partial charge in [0, 0.05) is 28.4 Å². The summed E-state index contributed by atoms with van der Waals surface area (Å²) in [6.07, 6.45) is 4.54. The van der Waals surface area contributed by atoms with Gasteiger partial charge in [-0.2, -0.15) is 0 Å². The van der Waals surface area contributed by atoms with Crippen molar-refractivity contribution >= 4 is 35.1 Å². The standard InChI is InChI=1S/C27H32ClN3O4/c1-19(18-25(32)29-22-7-4-3-5-8-22)17-24(30-26(33)20-10-12-21(28)13-11-20)27(34)35-16-14-23-9-6-15-31(23)2/h3-5,7-8,10-13,18,23-24H,6,9,14-17H2,1-2H3,(H,29,32)(H,30,33)/b19-18+. The molecule has 0 aromatic heterocycles. The van der Waals surface area contributed by atoms with E-state index in [1.165, 1.54) is 6.08 Å². The smallest absolute Gasteiger partial charge is 0.328 e. The van der Waals surface area contributed by atoms with Crippen LogP contribution in [0.25, 0.3) is 0 Å². The second kappa shape index (κ2) is 13.1. The van der Waals surface area contributed by atoms with Crippen molar-refractivity contribution in [3.63, 3.8) is 0 Å². The summed E-state index contributed by atoms with van der Waals surface area (Å²) in [5.41, 5.74) is 1.68. The maximum atomic E-state index is 12.9. The number of likely N-dealkylation sites (tertiary alicyclic amines) is 1. The van der Waals surface area contributed by atoms with Gasteiger partial charge in [-0.15, -0.1) is 0 Å². The lowest BCUT2D eigenvalue weighted by atomic mass is 10.1. The molecule has 1 fully saturated rings. The average molecular weight is 498 g/mol. The summed E-state index contributed by atoms with van der Waals surface area (Å²) in [4.78, 5) is 40.4. The van der Waals surface area contributed by atoms with Gasteiger partial charge in [-0.1, -0.05) is 35.4 Å². The monoisotopic (exact) mass is 497 g/mol. The predicted octanol–water partition coefficient (Wildman–Crippen LogP) is 4.44. The summed E-state index contributed by atoms with van der Waals surface area (Å²) in [5, 5.41) is 6.05. The third-order valence-electron chi connectivity index (χ3n) is 6.01. The number of anilines is 1. The first-order valence-electron chi connectivity index (χ1n) is 11.8. The van der Waals surface area contributed by atoms with Gasteiger partial charge < -0.3 is 20.3 Å². The van der Waals surface area contributed by atoms with Gasteiger partial charge in [0.15, 0.2) is 0 Å². The van der Waals surface area contributed by atoms with E-state index >= 15 is 0 Å². The SMILES string of the molecule is C/C(=C\C(=O)Nc1ccccc1)CC(NC(=O)c1ccc(Cl)cc1)C(=O)OCCC1CCCN1C. The number of hydrogen-bond acceptors (Lipinski definition) is 5. The molecule has 2 atom stereocenters. The van der Waals surface area contributed by atoms with Crippen LogP contribution in [0.4, 0.5) is 5.69 Å². The molecule has 0 radical (unpaired) electrons. The van der Waals surface area contributed by atoms with E-state index in [4.69, 9.17) is 16.3 Å². The molecule has 2 N–H and O–H groups in total. The molecule has 1 aliphatic heterocycles. The van der Waals surface area contributed by atoms with Gasteiger partial charge >= 0.3 is 5.97 Å². The van der Waals surface area contributed by atoms with Crippen LogP contribution in [0, 0.1) is 0 Å². The van der Waals surface area contributed by atoms with Crippen LogP contribution in [-0.2, 0) is 14.3 Å². The summed E-state index contributed by atoms with van der Waals surface area (Å²) in [6, 6.07) is 15.0. The van der Waals surface area contributed by atoms with Crippen molar-refractivity contribution in [3.8, 4) is 0 Å². The van der Waals surface area contributed by atoms with E-state index in [9.17, 15) is 14.4 Å². The third kappa shape index (κ3) is 8.53. The van der Waals surface area contributed by atoms with E-state index in [0.717, 1.165) is 25.8 Å². The number of nitrogens with one attached hydrogen (secondary N) is 2. The average Bonchev–Trinajstić information content (AvgIpc) is 3.24. The Hall–Kier alpha value is -3.16. The highest BCUT2D eigenvalue weighted by molar-refractivity contribution is 6.30. The first-order valence-corrected chi connectivity index (χ1v) is 12.2. The predicted molar refractivity (Wildman–Crippen MR) is 137 cm³/mol. The zero-order valence-corrected chi connectivity index (χ0v) is 20.9. The minimum Gasteiger partial charge on any atom is -0.464 e. The fourth-order valence-corrected chi connectivity index (χ4v) is 4.21. The van der Waals surface area contributed by atoms with Crippen molar-refractivity contribution < 1.29 is 19.1 Å². The first kappa shape index (κ1) is 26.4. The normalized spacial score (nSPS) is 17.0. The zero-order valence-electron chi connectivity index (χ0n) is 20.1. The molecule has 35 heavy (non-hydrogen) atoms. The van der Waals surface area contributed by atoms with Crippen molar-refractivity contribution in [3.05, 3.63) is 76.8 Å². The van der Waals surface area contributed by atoms with Gasteiger partial charge in [0.1, 0.15) is 6.04 Å². The Bertz CT molecular complexity index is 1040. The van der Waals surface area contributed by atoms with Crippen molar-refractivity contribution in [2.45, 2.75) is 44.7 Å². The van der Waals surface area contributed by atoms with E-state index in [1.807, 2.05) is 18.2 Å². The summed E-state index contributed by atoms with van der Waals surface area (Å²) in [5.74, 6) is -1.25. The van der Waals surface area contributed by atoms with Gasteiger partial charge in [0.05, 0.1) is 6.61 Å². The molecule has 1 aliphatic rings. The molecule has 8 heteroatoms. The number of amides is 2. The molecule has 3 rings (SSSR count). The molecule has 2 aromatic rings. The Kier molecular flexibility index (Phi) is 9.87. The van der Waals surface area contributed by atoms with Crippen LogP contribution in [0.15, 0.2) is 66.2 Å². The number of ether oxygens (including phenoxy) is 1. The van der Waals surface area contributed by atoms with Crippen LogP contribution in [0.3, 0.4) is 0 Å². The Morgan fingerprint density at radius 2 is 1.86 bits per heavy atom. The van der Waals surface area contributed by atoms with E-state index in [0.29, 0.717) is 27.9 Å². The summed E-state index contributed by atoms with van der Waals surface area (Å²) in [7, 11) is 2.07. The zero-order chi connectivity index (χ0) is 25.2. The minimum atomic E-state index is -0.930. The number of nitrogens with zero attached hydrogens (tertiary/aromatic N) is 1. The molecule has 0 spiro atoms. The summed E-state index contributed by atoms with van der Waals surface area (Å²) >= 11 is 5.91. The molecular formula is C27H32ClN3O4. The van der Waals surface area contributed by atoms with Crippen molar-refractivity contribution in [2.24, 2.45) is 0 Å². The van der Waals surface area contributed by atoms with Gasteiger partial charge in [0.25, 0.3) is 5.91 Å². The van der Waals surface area contributed by atoms with Crippen LogP contribution in [0.1, 0.15) is 43.0 Å². The first-order chi connectivity index (χ1) is 16.8. The molecule has 0 bridgehead atoms. The molecule has 1 heterocycles. The third-order valence-corrected chi connectivity index (χ3v) is 6.26. The molecule has 2 aromatic carbocycles. The molecule has 2 amide bonds. The largest absolute Gasteiger partial charge is 0.464 e. The quantitative estimate of drug-likeness (QED) is 0.374. The van der Waals surface area contributed by atoms with Crippen LogP contribution in [0.2, 0.25) is 5.02 Å². The number of rotatable bonds is 10. The van der Waals surface area contributed by atoms with Crippen LogP contribution >= 0.6 is 11.6 Å². The number of carbonyl (C=O) groups excluding carboxylic acids is 3. The topological polar surface area (TPSA) is 87.7 Å².